The second-order valence-corrected chi connectivity index (χ2v) is 5.56. The number of fused-ring (bicyclic) bond motifs is 1. The summed E-state index contributed by atoms with van der Waals surface area (Å²) >= 11 is 5.67. The third-order valence-corrected chi connectivity index (χ3v) is 4.22. The van der Waals surface area contributed by atoms with Gasteiger partial charge in [0.25, 0.3) is 0 Å². The van der Waals surface area contributed by atoms with E-state index < -0.39 is 23.3 Å². The molecule has 0 bridgehead atoms. The number of carbonyl (C=O) groups is 2. The lowest BCUT2D eigenvalue weighted by Gasteiger charge is -2.33. The van der Waals surface area contributed by atoms with Crippen molar-refractivity contribution in [1.82, 2.24) is 0 Å². The third-order valence-electron chi connectivity index (χ3n) is 3.95. The molecule has 1 aromatic carbocycles. The first-order valence-corrected chi connectivity index (χ1v) is 7.37. The van der Waals surface area contributed by atoms with Gasteiger partial charge in [0.15, 0.2) is 0 Å². The van der Waals surface area contributed by atoms with Gasteiger partial charge >= 0.3 is 11.9 Å². The number of rotatable bonds is 6. The fraction of sp³-hybridized carbons (Fsp3) is 0.375. The second-order valence-electron chi connectivity index (χ2n) is 5.18. The van der Waals surface area contributed by atoms with E-state index in [2.05, 4.69) is 0 Å². The molecule has 5 heteroatoms. The highest BCUT2D eigenvalue weighted by molar-refractivity contribution is 6.17. The van der Waals surface area contributed by atoms with E-state index in [1.54, 1.807) is 24.3 Å². The smallest absolute Gasteiger partial charge is 0.318 e. The molecule has 1 aliphatic rings. The van der Waals surface area contributed by atoms with E-state index >= 15 is 0 Å². The maximum Gasteiger partial charge on any atom is 0.318 e. The van der Waals surface area contributed by atoms with Crippen molar-refractivity contribution in [3.8, 4) is 0 Å². The third kappa shape index (κ3) is 2.81. The van der Waals surface area contributed by atoms with Gasteiger partial charge in [-0.2, -0.15) is 0 Å². The zero-order chi connectivity index (χ0) is 15.5. The van der Waals surface area contributed by atoms with Crippen molar-refractivity contribution in [3.63, 3.8) is 0 Å². The minimum atomic E-state index is -1.16. The lowest BCUT2D eigenvalue weighted by molar-refractivity contribution is -0.143. The zero-order valence-electron chi connectivity index (χ0n) is 11.5. The van der Waals surface area contributed by atoms with Crippen molar-refractivity contribution in [2.75, 3.05) is 5.88 Å². The van der Waals surface area contributed by atoms with Gasteiger partial charge in [-0.05, 0) is 24.0 Å². The molecule has 4 nitrogen and oxygen atoms in total. The van der Waals surface area contributed by atoms with Crippen molar-refractivity contribution < 1.29 is 19.8 Å². The number of hydrogen-bond donors (Lipinski definition) is 2. The van der Waals surface area contributed by atoms with Crippen LogP contribution in [0.2, 0.25) is 0 Å². The van der Waals surface area contributed by atoms with Crippen LogP contribution in [0.1, 0.15) is 36.3 Å². The van der Waals surface area contributed by atoms with Crippen LogP contribution in [0.5, 0.6) is 0 Å². The van der Waals surface area contributed by atoms with Gasteiger partial charge in [-0.1, -0.05) is 42.8 Å². The summed E-state index contributed by atoms with van der Waals surface area (Å²) in [6.45, 7) is 0. The van der Waals surface area contributed by atoms with Gasteiger partial charge in [0.05, 0.1) is 0 Å². The number of hydrogen-bond acceptors (Lipinski definition) is 2. The summed E-state index contributed by atoms with van der Waals surface area (Å²) in [5, 5.41) is 19.0. The first kappa shape index (κ1) is 15.6. The van der Waals surface area contributed by atoms with E-state index in [1.165, 1.54) is 12.2 Å². The number of unbranched alkanes of at least 4 members (excludes halogenated alkanes) is 1. The molecule has 112 valence electrons. The summed E-state index contributed by atoms with van der Waals surface area (Å²) in [7, 11) is 0. The van der Waals surface area contributed by atoms with Gasteiger partial charge < -0.3 is 10.2 Å². The van der Waals surface area contributed by atoms with Gasteiger partial charge in [-0.25, -0.2) is 0 Å². The Morgan fingerprint density at radius 3 is 2.52 bits per heavy atom. The van der Waals surface area contributed by atoms with Crippen LogP contribution in [0.15, 0.2) is 36.4 Å². The Hall–Kier alpha value is -1.81. The predicted molar refractivity (Wildman–Crippen MR) is 79.8 cm³/mol. The van der Waals surface area contributed by atoms with Crippen LogP contribution in [-0.2, 0) is 15.0 Å². The van der Waals surface area contributed by atoms with E-state index in [1.807, 2.05) is 0 Å². The van der Waals surface area contributed by atoms with Crippen LogP contribution >= 0.6 is 11.6 Å². The number of carboxylic acid groups (broad SMARTS) is 2. The fourth-order valence-electron chi connectivity index (χ4n) is 2.85. The molecule has 0 aliphatic heterocycles. The Morgan fingerprint density at radius 1 is 1.19 bits per heavy atom. The van der Waals surface area contributed by atoms with Gasteiger partial charge in [0.1, 0.15) is 11.3 Å². The van der Waals surface area contributed by atoms with Gasteiger partial charge in [-0.15, -0.1) is 11.6 Å². The average Bonchev–Trinajstić information content (AvgIpc) is 2.47. The van der Waals surface area contributed by atoms with Crippen molar-refractivity contribution in [2.45, 2.75) is 30.6 Å². The standard InChI is InChI=1S/C16H17ClO4/c17-10-4-3-8-16(15(20)21)9-7-12(14(18)19)11-5-1-2-6-13(11)16/h1-2,5-7,9,12H,3-4,8,10H2,(H,18,19)(H,20,21)/t12-,16+/m1/s1. The Bertz CT molecular complexity index is 581. The highest BCUT2D eigenvalue weighted by atomic mass is 35.5. The Kier molecular flexibility index (Phi) is 4.68. The normalized spacial score (nSPS) is 23.6. The van der Waals surface area contributed by atoms with E-state index in [0.29, 0.717) is 29.8 Å². The molecule has 0 aromatic heterocycles. The van der Waals surface area contributed by atoms with E-state index in [9.17, 15) is 19.8 Å². The molecule has 0 spiro atoms. The number of alkyl halides is 1. The summed E-state index contributed by atoms with van der Waals surface area (Å²) in [6, 6.07) is 6.88. The lowest BCUT2D eigenvalue weighted by atomic mass is 9.68. The summed E-state index contributed by atoms with van der Waals surface area (Å²) in [6.07, 6.45) is 4.83. The molecule has 2 atom stereocenters. The maximum absolute atomic E-state index is 11.9. The summed E-state index contributed by atoms with van der Waals surface area (Å²) in [5.41, 5.74) is -0.0306. The summed E-state index contributed by atoms with van der Waals surface area (Å²) in [4.78, 5) is 23.2. The molecule has 0 amide bonds. The molecule has 0 heterocycles. The Morgan fingerprint density at radius 2 is 1.90 bits per heavy atom. The highest BCUT2D eigenvalue weighted by Crippen LogP contribution is 2.41. The zero-order valence-corrected chi connectivity index (χ0v) is 12.2. The van der Waals surface area contributed by atoms with E-state index in [-0.39, 0.29) is 0 Å². The molecule has 1 aliphatic carbocycles. The summed E-state index contributed by atoms with van der Waals surface area (Å²) in [5.74, 6) is -2.23. The fourth-order valence-corrected chi connectivity index (χ4v) is 3.04. The van der Waals surface area contributed by atoms with Crippen LogP contribution in [0.4, 0.5) is 0 Å². The molecular weight excluding hydrogens is 292 g/mol. The minimum Gasteiger partial charge on any atom is -0.481 e. The van der Waals surface area contributed by atoms with Crippen molar-refractivity contribution >= 4 is 23.5 Å². The Labute approximate surface area is 128 Å². The number of benzene rings is 1. The van der Waals surface area contributed by atoms with Crippen LogP contribution in [-0.4, -0.2) is 28.0 Å². The quantitative estimate of drug-likeness (QED) is 0.481. The molecule has 2 rings (SSSR count). The van der Waals surface area contributed by atoms with Crippen LogP contribution in [0.25, 0.3) is 0 Å². The molecular formula is C16H17ClO4. The van der Waals surface area contributed by atoms with Crippen molar-refractivity contribution in [2.24, 2.45) is 0 Å². The SMILES string of the molecule is O=C(O)[C@@H]1C=C[C@](CCCCCl)(C(=O)O)c2ccccc21. The van der Waals surface area contributed by atoms with Crippen LogP contribution in [0.3, 0.4) is 0 Å². The molecule has 0 saturated heterocycles. The summed E-state index contributed by atoms with van der Waals surface area (Å²) < 4.78 is 0. The maximum atomic E-state index is 11.9. The van der Waals surface area contributed by atoms with E-state index in [0.717, 1.165) is 6.42 Å². The molecule has 2 N–H and O–H groups in total. The van der Waals surface area contributed by atoms with Crippen molar-refractivity contribution in [1.29, 1.82) is 0 Å². The molecule has 1 aromatic rings. The van der Waals surface area contributed by atoms with Gasteiger partial charge in [0.2, 0.25) is 0 Å². The second kappa shape index (κ2) is 6.31. The first-order valence-electron chi connectivity index (χ1n) is 6.84. The minimum absolute atomic E-state index is 0.412. The monoisotopic (exact) mass is 308 g/mol. The first-order chi connectivity index (χ1) is 10.0. The molecule has 0 unspecified atom stereocenters. The Balaban J connectivity index is 2.49. The van der Waals surface area contributed by atoms with Crippen LogP contribution in [0, 0.1) is 0 Å². The molecule has 0 saturated carbocycles. The number of carboxylic acids is 2. The van der Waals surface area contributed by atoms with Gasteiger partial charge in [0, 0.05) is 5.88 Å². The molecule has 21 heavy (non-hydrogen) atoms. The largest absolute Gasteiger partial charge is 0.481 e. The molecule has 0 radical (unpaired) electrons. The highest BCUT2D eigenvalue weighted by Gasteiger charge is 2.43. The predicted octanol–water partition coefficient (Wildman–Crippen LogP) is 3.16. The van der Waals surface area contributed by atoms with Crippen molar-refractivity contribution in [3.05, 3.63) is 47.5 Å². The topological polar surface area (TPSA) is 74.6 Å². The van der Waals surface area contributed by atoms with Crippen LogP contribution < -0.4 is 0 Å². The van der Waals surface area contributed by atoms with Gasteiger partial charge in [-0.3, -0.25) is 9.59 Å². The van der Waals surface area contributed by atoms with E-state index in [4.69, 9.17) is 11.6 Å². The number of halogens is 1. The average molecular weight is 309 g/mol. The number of aliphatic carboxylic acids is 2. The molecule has 0 fully saturated rings. The lowest BCUT2D eigenvalue weighted by Crippen LogP contribution is -2.38.